The zero-order valence-electron chi connectivity index (χ0n) is 22.0. The third kappa shape index (κ3) is 7.19. The molecular formula is C30H24F3N5O4. The monoisotopic (exact) mass is 575 g/mol. The van der Waals surface area contributed by atoms with Gasteiger partial charge in [-0.1, -0.05) is 54.6 Å². The molecule has 0 fully saturated rings. The fraction of sp³-hybridized carbons (Fsp3) is 0.167. The summed E-state index contributed by atoms with van der Waals surface area (Å²) in [5.41, 5.74) is -0.108. The first-order chi connectivity index (χ1) is 20.1. The van der Waals surface area contributed by atoms with Gasteiger partial charge in [-0.05, 0) is 47.4 Å². The molecule has 0 aromatic heterocycles. The molecule has 0 saturated carbocycles. The number of nitrogens with zero attached hydrogens (tertiary/aromatic N) is 2. The molecule has 4 rings (SSSR count). The van der Waals surface area contributed by atoms with E-state index in [2.05, 4.69) is 0 Å². The van der Waals surface area contributed by atoms with Crippen molar-refractivity contribution in [2.75, 3.05) is 13.1 Å². The van der Waals surface area contributed by atoms with E-state index in [1.807, 2.05) is 16.7 Å². The summed E-state index contributed by atoms with van der Waals surface area (Å²) in [7, 11) is 0. The lowest BCUT2D eigenvalue weighted by Gasteiger charge is -2.28. The van der Waals surface area contributed by atoms with Crippen LogP contribution in [0.25, 0.3) is 5.57 Å². The molecule has 3 amide bonds. The maximum atomic E-state index is 14.0. The number of alkyl halides is 3. The van der Waals surface area contributed by atoms with Crippen LogP contribution in [0.15, 0.2) is 78.9 Å². The lowest BCUT2D eigenvalue weighted by Crippen LogP contribution is -2.43. The van der Waals surface area contributed by atoms with Crippen molar-refractivity contribution in [1.82, 2.24) is 15.5 Å². The van der Waals surface area contributed by atoms with Crippen molar-refractivity contribution < 1.29 is 32.3 Å². The van der Waals surface area contributed by atoms with Gasteiger partial charge in [0.2, 0.25) is 5.96 Å². The molecule has 0 radical (unpaired) electrons. The number of nitriles is 1. The predicted molar refractivity (Wildman–Crippen MR) is 146 cm³/mol. The fourth-order valence-electron chi connectivity index (χ4n) is 4.31. The number of hydrogen-bond acceptors (Lipinski definition) is 6. The van der Waals surface area contributed by atoms with E-state index in [1.54, 1.807) is 42.5 Å². The summed E-state index contributed by atoms with van der Waals surface area (Å²) in [6, 6.07) is 20.0. The van der Waals surface area contributed by atoms with Crippen LogP contribution in [0.3, 0.4) is 0 Å². The van der Waals surface area contributed by atoms with Crippen LogP contribution in [0, 0.1) is 16.7 Å². The third-order valence-electron chi connectivity index (χ3n) is 6.39. The third-order valence-corrected chi connectivity index (χ3v) is 6.39. The SMILES string of the molecule is N#Cc1ccccc1C(=O)N1CC=C(c2ccc(C(=O)NC(=N)NC(=O)OCc3ccccc3)cc2C(F)(F)F)CC1. The molecule has 0 bridgehead atoms. The van der Waals surface area contributed by atoms with Gasteiger partial charge in [0.05, 0.1) is 22.8 Å². The zero-order chi connectivity index (χ0) is 30.3. The van der Waals surface area contributed by atoms with E-state index >= 15 is 0 Å². The van der Waals surface area contributed by atoms with Gasteiger partial charge >= 0.3 is 12.3 Å². The molecule has 1 aliphatic rings. The number of ether oxygens (including phenoxy) is 1. The van der Waals surface area contributed by atoms with Gasteiger partial charge in [-0.2, -0.15) is 18.4 Å². The Hall–Kier alpha value is -5.44. The van der Waals surface area contributed by atoms with E-state index in [1.165, 1.54) is 29.2 Å². The predicted octanol–water partition coefficient (Wildman–Crippen LogP) is 5.10. The van der Waals surface area contributed by atoms with Gasteiger partial charge in [0.15, 0.2) is 0 Å². The van der Waals surface area contributed by atoms with Crippen molar-refractivity contribution in [2.45, 2.75) is 19.2 Å². The van der Waals surface area contributed by atoms with E-state index in [0.29, 0.717) is 17.2 Å². The summed E-state index contributed by atoms with van der Waals surface area (Å²) >= 11 is 0. The Labute approximate surface area is 238 Å². The first-order valence-corrected chi connectivity index (χ1v) is 12.6. The molecule has 3 N–H and O–H groups in total. The maximum absolute atomic E-state index is 14.0. The number of benzene rings is 3. The van der Waals surface area contributed by atoms with Crippen LogP contribution in [0.5, 0.6) is 0 Å². The second kappa shape index (κ2) is 12.8. The van der Waals surface area contributed by atoms with Crippen molar-refractivity contribution in [3.05, 3.63) is 112 Å². The number of carbonyl (C=O) groups is 3. The highest BCUT2D eigenvalue weighted by atomic mass is 19.4. The van der Waals surface area contributed by atoms with Crippen LogP contribution in [0.4, 0.5) is 18.0 Å². The van der Waals surface area contributed by atoms with Gasteiger partial charge in [0.25, 0.3) is 11.8 Å². The molecule has 42 heavy (non-hydrogen) atoms. The van der Waals surface area contributed by atoms with Crippen LogP contribution >= 0.6 is 0 Å². The highest BCUT2D eigenvalue weighted by Gasteiger charge is 2.35. The minimum Gasteiger partial charge on any atom is -0.444 e. The fourth-order valence-corrected chi connectivity index (χ4v) is 4.31. The Morgan fingerprint density at radius 3 is 2.38 bits per heavy atom. The Morgan fingerprint density at radius 1 is 1.00 bits per heavy atom. The summed E-state index contributed by atoms with van der Waals surface area (Å²) in [6.07, 6.45) is -4.20. The van der Waals surface area contributed by atoms with Crippen LogP contribution < -0.4 is 10.6 Å². The van der Waals surface area contributed by atoms with Gasteiger partial charge in [0.1, 0.15) is 6.61 Å². The Bertz CT molecular complexity index is 1600. The first kappa shape index (κ1) is 29.5. The van der Waals surface area contributed by atoms with Crippen molar-refractivity contribution in [1.29, 1.82) is 10.7 Å². The molecule has 12 heteroatoms. The van der Waals surface area contributed by atoms with Gasteiger partial charge < -0.3 is 9.64 Å². The van der Waals surface area contributed by atoms with Crippen LogP contribution in [0.1, 0.15) is 49.4 Å². The standard InChI is InChI=1S/C30H24F3N5O4/c31-30(32,33)25-16-21(26(39)36-28(35)37-29(41)42-18-19-6-2-1-3-7-19)10-11-23(25)20-12-14-38(15-13-20)27(40)24-9-5-4-8-22(24)17-34/h1-12,16H,13-15,18H2,(H3,35,36,37,39,41). The number of nitrogens with one attached hydrogen (secondary N) is 3. The molecule has 0 aliphatic carbocycles. The summed E-state index contributed by atoms with van der Waals surface area (Å²) in [5, 5.41) is 21.1. The number of guanidine groups is 1. The molecule has 0 unspecified atom stereocenters. The minimum absolute atomic E-state index is 0.0384. The van der Waals surface area contributed by atoms with Crippen LogP contribution in [0.2, 0.25) is 0 Å². The van der Waals surface area contributed by atoms with Crippen LogP contribution in [-0.2, 0) is 17.5 Å². The molecule has 3 aromatic carbocycles. The van der Waals surface area contributed by atoms with Gasteiger partial charge in [0, 0.05) is 18.7 Å². The summed E-state index contributed by atoms with van der Waals surface area (Å²) in [4.78, 5) is 38.8. The number of alkyl carbamates (subject to hydrolysis) is 1. The maximum Gasteiger partial charge on any atom is 0.417 e. The average Bonchev–Trinajstić information content (AvgIpc) is 2.99. The first-order valence-electron chi connectivity index (χ1n) is 12.6. The number of amides is 3. The highest BCUT2D eigenvalue weighted by Crippen LogP contribution is 2.37. The number of halogens is 3. The second-order valence-corrected chi connectivity index (χ2v) is 9.16. The van der Waals surface area contributed by atoms with E-state index in [4.69, 9.17) is 10.1 Å². The molecule has 0 saturated heterocycles. The molecule has 3 aromatic rings. The van der Waals surface area contributed by atoms with Crippen LogP contribution in [-0.4, -0.2) is 41.9 Å². The van der Waals surface area contributed by atoms with E-state index in [0.717, 1.165) is 6.07 Å². The van der Waals surface area contributed by atoms with Gasteiger partial charge in [-0.15, -0.1) is 0 Å². The van der Waals surface area contributed by atoms with Crippen molar-refractivity contribution in [2.24, 2.45) is 0 Å². The Balaban J connectivity index is 1.43. The molecule has 9 nitrogen and oxygen atoms in total. The number of hydrogen-bond donors (Lipinski definition) is 3. The zero-order valence-corrected chi connectivity index (χ0v) is 22.0. The van der Waals surface area contributed by atoms with Gasteiger partial charge in [-0.25, -0.2) is 4.79 Å². The lowest BCUT2D eigenvalue weighted by atomic mass is 9.92. The second-order valence-electron chi connectivity index (χ2n) is 9.16. The van der Waals surface area contributed by atoms with Crippen molar-refractivity contribution >= 4 is 29.4 Å². The van der Waals surface area contributed by atoms with E-state index in [9.17, 15) is 32.8 Å². The molecule has 1 aliphatic heterocycles. The van der Waals surface area contributed by atoms with Gasteiger partial charge in [-0.3, -0.25) is 25.6 Å². The molecule has 0 spiro atoms. The normalized spacial score (nSPS) is 12.9. The average molecular weight is 576 g/mol. The summed E-state index contributed by atoms with van der Waals surface area (Å²) in [6.45, 7) is 0.0864. The largest absolute Gasteiger partial charge is 0.444 e. The van der Waals surface area contributed by atoms with Crippen molar-refractivity contribution in [3.8, 4) is 6.07 Å². The lowest BCUT2D eigenvalue weighted by molar-refractivity contribution is -0.137. The topological polar surface area (TPSA) is 135 Å². The van der Waals surface area contributed by atoms with Crippen molar-refractivity contribution in [3.63, 3.8) is 0 Å². The molecule has 214 valence electrons. The Morgan fingerprint density at radius 2 is 1.71 bits per heavy atom. The molecular weight excluding hydrogens is 551 g/mol. The Kier molecular flexibility index (Phi) is 9.02. The molecule has 1 heterocycles. The summed E-state index contributed by atoms with van der Waals surface area (Å²) in [5.74, 6) is -2.20. The highest BCUT2D eigenvalue weighted by molar-refractivity contribution is 6.08. The van der Waals surface area contributed by atoms with E-state index in [-0.39, 0.29) is 48.4 Å². The number of carbonyl (C=O) groups excluding carboxylic acids is 3. The quantitative estimate of drug-likeness (QED) is 0.288. The smallest absolute Gasteiger partial charge is 0.417 e. The number of rotatable bonds is 5. The molecule has 0 atom stereocenters. The summed E-state index contributed by atoms with van der Waals surface area (Å²) < 4.78 is 47.1. The minimum atomic E-state index is -4.81. The van der Waals surface area contributed by atoms with E-state index < -0.39 is 35.6 Å².